The maximum absolute atomic E-state index is 13.7. The molecule has 10 heteroatoms. The number of halogens is 4. The predicted molar refractivity (Wildman–Crippen MR) is 136 cm³/mol. The summed E-state index contributed by atoms with van der Waals surface area (Å²) >= 11 is 6.89. The van der Waals surface area contributed by atoms with Crippen LogP contribution in [0.4, 0.5) is 20.4 Å². The minimum absolute atomic E-state index is 0.293. The summed E-state index contributed by atoms with van der Waals surface area (Å²) in [5, 5.41) is 11.3. The van der Waals surface area contributed by atoms with Crippen LogP contribution in [0.1, 0.15) is 29.5 Å². The van der Waals surface area contributed by atoms with Crippen molar-refractivity contribution in [2.75, 3.05) is 10.6 Å². The Morgan fingerprint density at radius 3 is 2.47 bits per heavy atom. The minimum Gasteiger partial charge on any atom is -0.367 e. The fraction of sp³-hybridized carbons (Fsp3) is 0.208. The highest BCUT2D eigenvalue weighted by molar-refractivity contribution is 9.10. The maximum atomic E-state index is 13.7. The van der Waals surface area contributed by atoms with Crippen molar-refractivity contribution in [3.8, 4) is 0 Å². The number of aromatic nitrogens is 3. The molecule has 2 heterocycles. The molecule has 1 aliphatic carbocycles. The van der Waals surface area contributed by atoms with Crippen LogP contribution in [0.2, 0.25) is 0 Å². The lowest BCUT2D eigenvalue weighted by atomic mass is 10.2. The van der Waals surface area contributed by atoms with Gasteiger partial charge in [0.05, 0.1) is 18.3 Å². The summed E-state index contributed by atoms with van der Waals surface area (Å²) in [5.41, 5.74) is 2.91. The molecule has 1 saturated carbocycles. The zero-order chi connectivity index (χ0) is 23.7. The summed E-state index contributed by atoms with van der Waals surface area (Å²) in [5.74, 6) is 0.858. The van der Waals surface area contributed by atoms with Gasteiger partial charge in [-0.15, -0.1) is 0 Å². The van der Waals surface area contributed by atoms with Gasteiger partial charge in [0, 0.05) is 33.8 Å². The molecule has 6 nitrogen and oxygen atoms in total. The summed E-state index contributed by atoms with van der Waals surface area (Å²) in [6, 6.07) is 11.4. The van der Waals surface area contributed by atoms with Crippen molar-refractivity contribution in [1.29, 1.82) is 0 Å². The van der Waals surface area contributed by atoms with Crippen molar-refractivity contribution in [2.24, 2.45) is 4.99 Å². The number of hydrogen-bond donors (Lipinski definition) is 2. The average molecular weight is 590 g/mol. The Morgan fingerprint density at radius 2 is 1.74 bits per heavy atom. The molecule has 0 saturated heterocycles. The quantitative estimate of drug-likeness (QED) is 0.235. The van der Waals surface area contributed by atoms with Crippen LogP contribution in [-0.4, -0.2) is 26.9 Å². The first-order chi connectivity index (χ1) is 16.5. The summed E-state index contributed by atoms with van der Waals surface area (Å²) in [4.78, 5) is 9.21. The fourth-order valence-electron chi connectivity index (χ4n) is 3.47. The molecular weight excluding hydrogens is 570 g/mol. The molecule has 0 radical (unpaired) electrons. The van der Waals surface area contributed by atoms with Gasteiger partial charge in [-0.2, -0.15) is 9.61 Å². The minimum atomic E-state index is -0.303. The Morgan fingerprint density at radius 1 is 1.03 bits per heavy atom. The van der Waals surface area contributed by atoms with Crippen molar-refractivity contribution in [3.05, 3.63) is 85.9 Å². The van der Waals surface area contributed by atoms with Crippen LogP contribution in [0.15, 0.2) is 62.6 Å². The molecule has 0 spiro atoms. The Labute approximate surface area is 211 Å². The first kappa shape index (κ1) is 22.9. The van der Waals surface area contributed by atoms with Gasteiger partial charge in [0.25, 0.3) is 0 Å². The summed E-state index contributed by atoms with van der Waals surface area (Å²) in [6.07, 6.45) is 5.62. The van der Waals surface area contributed by atoms with Crippen LogP contribution in [-0.2, 0) is 13.1 Å². The Balaban J connectivity index is 1.42. The molecule has 5 rings (SSSR count). The van der Waals surface area contributed by atoms with Crippen molar-refractivity contribution >= 4 is 55.4 Å². The molecule has 0 aliphatic heterocycles. The van der Waals surface area contributed by atoms with Crippen LogP contribution in [0, 0.1) is 11.6 Å². The van der Waals surface area contributed by atoms with Gasteiger partial charge in [-0.05, 0) is 60.4 Å². The topological polar surface area (TPSA) is 66.6 Å². The van der Waals surface area contributed by atoms with E-state index < -0.39 is 0 Å². The van der Waals surface area contributed by atoms with Crippen LogP contribution in [0.3, 0.4) is 0 Å². The zero-order valence-corrected chi connectivity index (χ0v) is 21.1. The largest absolute Gasteiger partial charge is 0.367 e. The van der Waals surface area contributed by atoms with Gasteiger partial charge in [-0.3, -0.25) is 4.99 Å². The first-order valence-electron chi connectivity index (χ1n) is 10.7. The number of nitrogens with zero attached hydrogens (tertiary/aromatic N) is 4. The van der Waals surface area contributed by atoms with Gasteiger partial charge < -0.3 is 10.6 Å². The highest BCUT2D eigenvalue weighted by Gasteiger charge is 2.23. The Bertz CT molecular complexity index is 1380. The van der Waals surface area contributed by atoms with Gasteiger partial charge in [-0.25, -0.2) is 13.8 Å². The van der Waals surface area contributed by atoms with Gasteiger partial charge in [0.15, 0.2) is 5.65 Å². The zero-order valence-electron chi connectivity index (χ0n) is 17.9. The third-order valence-corrected chi connectivity index (χ3v) is 6.94. The predicted octanol–water partition coefficient (Wildman–Crippen LogP) is 6.34. The van der Waals surface area contributed by atoms with E-state index in [-0.39, 0.29) is 11.6 Å². The molecule has 0 amide bonds. The third-order valence-electron chi connectivity index (χ3n) is 5.40. The second-order valence-electron chi connectivity index (χ2n) is 8.08. The summed E-state index contributed by atoms with van der Waals surface area (Å²) in [6.45, 7) is 0.712. The van der Waals surface area contributed by atoms with E-state index in [0.717, 1.165) is 44.3 Å². The second kappa shape index (κ2) is 9.79. The van der Waals surface area contributed by atoms with E-state index in [1.165, 1.54) is 24.3 Å². The second-order valence-corrected chi connectivity index (χ2v) is 9.78. The van der Waals surface area contributed by atoms with E-state index in [1.807, 2.05) is 6.07 Å². The normalized spacial score (nSPS) is 13.6. The van der Waals surface area contributed by atoms with Crippen LogP contribution in [0.25, 0.3) is 5.65 Å². The van der Waals surface area contributed by atoms with Gasteiger partial charge in [-0.1, -0.05) is 31.9 Å². The van der Waals surface area contributed by atoms with Gasteiger partial charge in [0.1, 0.15) is 23.3 Å². The number of fused-ring (bicyclic) bond motifs is 1. The van der Waals surface area contributed by atoms with Crippen molar-refractivity contribution in [1.82, 2.24) is 14.6 Å². The molecule has 0 unspecified atom stereocenters. The lowest BCUT2D eigenvalue weighted by Gasteiger charge is -2.12. The van der Waals surface area contributed by atoms with Crippen molar-refractivity contribution in [2.45, 2.75) is 32.0 Å². The van der Waals surface area contributed by atoms with E-state index in [9.17, 15) is 8.78 Å². The number of benzene rings is 2. The molecule has 0 atom stereocenters. The maximum Gasteiger partial charge on any atom is 0.168 e. The number of hydrogen-bond acceptors (Lipinski definition) is 5. The molecule has 2 aromatic carbocycles. The van der Waals surface area contributed by atoms with E-state index >= 15 is 0 Å². The van der Waals surface area contributed by atoms with E-state index in [0.29, 0.717) is 30.6 Å². The highest BCUT2D eigenvalue weighted by Crippen LogP contribution is 2.27. The SMILES string of the molecule is Fc1ccc(Br)c(C/N=C/c2cnn3c(NC4CC4)cc(NCc4cc(F)ccc4Br)nc23)c1. The summed E-state index contributed by atoms with van der Waals surface area (Å²) < 4.78 is 30.6. The van der Waals surface area contributed by atoms with Crippen LogP contribution in [0.5, 0.6) is 0 Å². The lowest BCUT2D eigenvalue weighted by molar-refractivity contribution is 0.624. The lowest BCUT2D eigenvalue weighted by Crippen LogP contribution is -2.10. The average Bonchev–Trinajstić information content (AvgIpc) is 3.54. The standard InChI is InChI=1S/C24H20Br2F2N6/c25-20-5-1-17(27)7-14(20)10-29-11-16-13-31-34-23(32-19-3-4-19)9-22(33-24(16)34)30-12-15-8-18(28)2-6-21(15)26/h1-2,5-9,11,13,19,32H,3-4,10,12H2,(H,30,33)/b29-11+. The van der Waals surface area contributed by atoms with Crippen molar-refractivity contribution < 1.29 is 8.78 Å². The fourth-order valence-corrected chi connectivity index (χ4v) is 4.23. The number of aliphatic imine (C=N–C) groups is 1. The Kier molecular flexibility index (Phi) is 6.60. The Hall–Kier alpha value is -2.85. The molecule has 1 fully saturated rings. The molecule has 34 heavy (non-hydrogen) atoms. The highest BCUT2D eigenvalue weighted by atomic mass is 79.9. The molecule has 1 aliphatic rings. The molecule has 4 aromatic rings. The van der Waals surface area contributed by atoms with E-state index in [1.54, 1.807) is 29.1 Å². The monoisotopic (exact) mass is 588 g/mol. The van der Waals surface area contributed by atoms with E-state index in [2.05, 4.69) is 52.6 Å². The molecule has 2 aromatic heterocycles. The smallest absolute Gasteiger partial charge is 0.168 e. The number of nitrogens with one attached hydrogen (secondary N) is 2. The first-order valence-corrected chi connectivity index (χ1v) is 12.3. The molecule has 174 valence electrons. The third kappa shape index (κ3) is 5.28. The van der Waals surface area contributed by atoms with Crippen LogP contribution >= 0.6 is 31.9 Å². The molecular formula is C24H20Br2F2N6. The number of anilines is 2. The van der Waals surface area contributed by atoms with Gasteiger partial charge in [0.2, 0.25) is 0 Å². The molecule has 0 bridgehead atoms. The van der Waals surface area contributed by atoms with Gasteiger partial charge >= 0.3 is 0 Å². The number of rotatable bonds is 8. The van der Waals surface area contributed by atoms with Crippen molar-refractivity contribution in [3.63, 3.8) is 0 Å². The summed E-state index contributed by atoms with van der Waals surface area (Å²) in [7, 11) is 0. The van der Waals surface area contributed by atoms with E-state index in [4.69, 9.17) is 4.98 Å². The van der Waals surface area contributed by atoms with Crippen LogP contribution < -0.4 is 10.6 Å². The molecule has 2 N–H and O–H groups in total.